The quantitative estimate of drug-likeness (QED) is 0.777. The number of methoxy groups -OCH3 is 1. The Balaban J connectivity index is 2.76. The number of aliphatic hydroxyl groups is 2. The van der Waals surface area contributed by atoms with Crippen molar-refractivity contribution in [3.8, 4) is 5.75 Å². The van der Waals surface area contributed by atoms with Gasteiger partial charge in [-0.05, 0) is 28.1 Å². The average Bonchev–Trinajstić information content (AvgIpc) is 2.25. The van der Waals surface area contributed by atoms with Gasteiger partial charge in [-0.1, -0.05) is 11.6 Å². The number of ether oxygens (including phenoxy) is 1. The molecule has 6 heteroatoms. The lowest BCUT2D eigenvalue weighted by molar-refractivity contribution is 0.105. The molecule has 0 amide bonds. The first-order valence-corrected chi connectivity index (χ1v) is 5.81. The second-order valence-corrected chi connectivity index (χ2v) is 4.45. The highest BCUT2D eigenvalue weighted by atomic mass is 79.9. The summed E-state index contributed by atoms with van der Waals surface area (Å²) in [5, 5.41) is 21.3. The molecule has 0 saturated heterocycles. The fourth-order valence-corrected chi connectivity index (χ4v) is 2.19. The molecule has 0 aromatic heterocycles. The smallest absolute Gasteiger partial charge is 0.151 e. The Morgan fingerprint density at radius 3 is 2.75 bits per heavy atom. The number of anilines is 1. The van der Waals surface area contributed by atoms with Crippen molar-refractivity contribution < 1.29 is 14.9 Å². The maximum atomic E-state index is 9.18. The number of halogens is 2. The van der Waals surface area contributed by atoms with E-state index in [4.69, 9.17) is 21.4 Å². The number of aliphatic hydroxyl groups excluding tert-OH is 2. The normalized spacial score (nSPS) is 12.3. The van der Waals surface area contributed by atoms with E-state index in [1.165, 1.54) is 7.11 Å². The van der Waals surface area contributed by atoms with Crippen LogP contribution < -0.4 is 10.1 Å². The van der Waals surface area contributed by atoms with E-state index < -0.39 is 6.10 Å². The topological polar surface area (TPSA) is 61.7 Å². The van der Waals surface area contributed by atoms with E-state index in [1.54, 1.807) is 12.1 Å². The second kappa shape index (κ2) is 6.30. The molecule has 0 fully saturated rings. The van der Waals surface area contributed by atoms with Crippen molar-refractivity contribution in [1.29, 1.82) is 0 Å². The average molecular weight is 311 g/mol. The molecule has 0 heterocycles. The zero-order chi connectivity index (χ0) is 12.1. The minimum absolute atomic E-state index is 0.256. The third-order valence-corrected chi connectivity index (χ3v) is 2.82. The first-order valence-electron chi connectivity index (χ1n) is 4.64. The summed E-state index contributed by atoms with van der Waals surface area (Å²) in [5.74, 6) is 0.565. The predicted octanol–water partition coefficient (Wildman–Crippen LogP) is 1.88. The van der Waals surface area contributed by atoms with Gasteiger partial charge in [-0.2, -0.15) is 0 Å². The zero-order valence-corrected chi connectivity index (χ0v) is 11.0. The molecule has 0 aliphatic heterocycles. The summed E-state index contributed by atoms with van der Waals surface area (Å²) in [6, 6.07) is 3.48. The molecule has 3 N–H and O–H groups in total. The van der Waals surface area contributed by atoms with Crippen molar-refractivity contribution >= 4 is 33.2 Å². The molecular weight excluding hydrogens is 297 g/mol. The van der Waals surface area contributed by atoms with Crippen LogP contribution in [0.1, 0.15) is 0 Å². The van der Waals surface area contributed by atoms with E-state index >= 15 is 0 Å². The van der Waals surface area contributed by atoms with Gasteiger partial charge in [-0.15, -0.1) is 0 Å². The van der Waals surface area contributed by atoms with Crippen molar-refractivity contribution in [3.63, 3.8) is 0 Å². The lowest BCUT2D eigenvalue weighted by Crippen LogP contribution is -2.22. The van der Waals surface area contributed by atoms with Crippen LogP contribution in [0.15, 0.2) is 16.6 Å². The highest BCUT2D eigenvalue weighted by molar-refractivity contribution is 9.10. The highest BCUT2D eigenvalue weighted by Gasteiger charge is 2.09. The summed E-state index contributed by atoms with van der Waals surface area (Å²) in [7, 11) is 1.54. The van der Waals surface area contributed by atoms with Gasteiger partial charge in [0.15, 0.2) is 5.75 Å². The molecule has 1 aromatic carbocycles. The van der Waals surface area contributed by atoms with Crippen molar-refractivity contribution in [2.45, 2.75) is 6.10 Å². The predicted molar refractivity (Wildman–Crippen MR) is 67.3 cm³/mol. The molecule has 4 nitrogen and oxygen atoms in total. The van der Waals surface area contributed by atoms with Crippen LogP contribution in [0.4, 0.5) is 5.69 Å². The summed E-state index contributed by atoms with van der Waals surface area (Å²) >= 11 is 9.30. The van der Waals surface area contributed by atoms with E-state index in [0.29, 0.717) is 10.8 Å². The van der Waals surface area contributed by atoms with Gasteiger partial charge in [0.05, 0.1) is 29.3 Å². The molecule has 0 radical (unpaired) electrons. The van der Waals surface area contributed by atoms with Crippen molar-refractivity contribution in [2.75, 3.05) is 25.6 Å². The first kappa shape index (κ1) is 13.6. The Morgan fingerprint density at radius 1 is 1.56 bits per heavy atom. The Kier molecular flexibility index (Phi) is 5.34. The van der Waals surface area contributed by atoms with Crippen LogP contribution in [0, 0.1) is 0 Å². The molecular formula is C10H13BrClNO3. The third kappa shape index (κ3) is 3.52. The monoisotopic (exact) mass is 309 g/mol. The van der Waals surface area contributed by atoms with Gasteiger partial charge in [-0.3, -0.25) is 0 Å². The Hall–Kier alpha value is -0.490. The molecule has 90 valence electrons. The zero-order valence-electron chi connectivity index (χ0n) is 8.70. The van der Waals surface area contributed by atoms with Gasteiger partial charge in [0.1, 0.15) is 0 Å². The maximum Gasteiger partial charge on any atom is 0.151 e. The molecule has 0 aliphatic carbocycles. The second-order valence-electron chi connectivity index (χ2n) is 3.19. The summed E-state index contributed by atoms with van der Waals surface area (Å²) in [6.07, 6.45) is -0.792. The lowest BCUT2D eigenvalue weighted by Gasteiger charge is -2.12. The number of rotatable bonds is 5. The van der Waals surface area contributed by atoms with Gasteiger partial charge < -0.3 is 20.3 Å². The van der Waals surface area contributed by atoms with Crippen LogP contribution in [0.5, 0.6) is 5.75 Å². The highest BCUT2D eigenvalue weighted by Crippen LogP contribution is 2.35. The number of hydrogen-bond acceptors (Lipinski definition) is 4. The van der Waals surface area contributed by atoms with Gasteiger partial charge in [0.2, 0.25) is 0 Å². The van der Waals surface area contributed by atoms with Crippen LogP contribution in [-0.4, -0.2) is 36.6 Å². The molecule has 1 atom stereocenters. The number of hydrogen-bond donors (Lipinski definition) is 3. The van der Waals surface area contributed by atoms with Crippen LogP contribution in [0.3, 0.4) is 0 Å². The fraction of sp³-hybridized carbons (Fsp3) is 0.400. The van der Waals surface area contributed by atoms with Crippen molar-refractivity contribution in [3.05, 3.63) is 21.6 Å². The molecule has 0 aliphatic rings. The van der Waals surface area contributed by atoms with Gasteiger partial charge in [-0.25, -0.2) is 0 Å². The van der Waals surface area contributed by atoms with Gasteiger partial charge in [0.25, 0.3) is 0 Å². The van der Waals surface area contributed by atoms with Crippen molar-refractivity contribution in [2.24, 2.45) is 0 Å². The Bertz CT molecular complexity index is 339. The van der Waals surface area contributed by atoms with Crippen LogP contribution in [0.2, 0.25) is 5.02 Å². The van der Waals surface area contributed by atoms with E-state index in [-0.39, 0.29) is 13.2 Å². The third-order valence-electron chi connectivity index (χ3n) is 1.95. The summed E-state index contributed by atoms with van der Waals surface area (Å²) in [4.78, 5) is 0. The van der Waals surface area contributed by atoms with Crippen LogP contribution >= 0.6 is 27.5 Å². The standard InChI is InChI=1S/C10H13BrClNO3/c1-16-10-8(11)2-6(3-9(10)12)13-4-7(15)5-14/h2-3,7,13-15H,4-5H2,1H3. The van der Waals surface area contributed by atoms with E-state index in [0.717, 1.165) is 10.2 Å². The lowest BCUT2D eigenvalue weighted by atomic mass is 10.3. The van der Waals surface area contributed by atoms with E-state index in [9.17, 15) is 5.11 Å². The molecule has 0 spiro atoms. The Morgan fingerprint density at radius 2 is 2.25 bits per heavy atom. The minimum Gasteiger partial charge on any atom is -0.494 e. The summed E-state index contributed by atoms with van der Waals surface area (Å²) in [5.41, 5.74) is 0.741. The molecule has 1 unspecified atom stereocenters. The number of nitrogens with one attached hydrogen (secondary N) is 1. The van der Waals surface area contributed by atoms with E-state index in [2.05, 4.69) is 21.2 Å². The largest absolute Gasteiger partial charge is 0.494 e. The summed E-state index contributed by atoms with van der Waals surface area (Å²) < 4.78 is 5.81. The molecule has 1 aromatic rings. The molecule has 16 heavy (non-hydrogen) atoms. The summed E-state index contributed by atoms with van der Waals surface area (Å²) in [6.45, 7) is -0.0242. The van der Waals surface area contributed by atoms with Crippen LogP contribution in [0.25, 0.3) is 0 Å². The Labute approximate surface area is 107 Å². The first-order chi connectivity index (χ1) is 7.58. The SMILES string of the molecule is COc1c(Cl)cc(NCC(O)CO)cc1Br. The van der Waals surface area contributed by atoms with E-state index in [1.807, 2.05) is 0 Å². The molecule has 0 saturated carbocycles. The van der Waals surface area contributed by atoms with Crippen molar-refractivity contribution in [1.82, 2.24) is 0 Å². The minimum atomic E-state index is -0.792. The van der Waals surface area contributed by atoms with Gasteiger partial charge in [0, 0.05) is 12.2 Å². The van der Waals surface area contributed by atoms with Crippen LogP contribution in [-0.2, 0) is 0 Å². The van der Waals surface area contributed by atoms with Gasteiger partial charge >= 0.3 is 0 Å². The number of benzene rings is 1. The fourth-order valence-electron chi connectivity index (χ4n) is 1.16. The molecule has 1 rings (SSSR count). The maximum absolute atomic E-state index is 9.18. The molecule has 0 bridgehead atoms.